The van der Waals surface area contributed by atoms with E-state index in [2.05, 4.69) is 64.9 Å². The molecule has 27 heavy (non-hydrogen) atoms. The van der Waals surface area contributed by atoms with Crippen LogP contribution in [-0.2, 0) is 5.41 Å². The smallest absolute Gasteiger partial charge is 0.144 e. The Balaban J connectivity index is 2.33. The first-order valence-electron chi connectivity index (χ1n) is 9.45. The van der Waals surface area contributed by atoms with Crippen LogP contribution in [0.5, 0.6) is 0 Å². The average molecular weight is 365 g/mol. The first-order valence-corrected chi connectivity index (χ1v) is 9.45. The van der Waals surface area contributed by atoms with Gasteiger partial charge in [0.25, 0.3) is 0 Å². The van der Waals surface area contributed by atoms with Crippen LogP contribution in [0.2, 0.25) is 0 Å². The summed E-state index contributed by atoms with van der Waals surface area (Å²) in [5.41, 5.74) is 9.40. The lowest BCUT2D eigenvalue weighted by atomic mass is 9.83. The molecule has 142 valence electrons. The quantitative estimate of drug-likeness (QED) is 0.506. The van der Waals surface area contributed by atoms with Crippen LogP contribution in [0.15, 0.2) is 30.6 Å². The van der Waals surface area contributed by atoms with Gasteiger partial charge < -0.3 is 0 Å². The minimum atomic E-state index is -0.212. The molecule has 0 amide bonds. The minimum absolute atomic E-state index is 0.183. The van der Waals surface area contributed by atoms with E-state index in [-0.39, 0.29) is 11.2 Å². The Morgan fingerprint density at radius 1 is 0.852 bits per heavy atom. The van der Waals surface area contributed by atoms with Gasteiger partial charge in [-0.2, -0.15) is 0 Å². The highest BCUT2D eigenvalue weighted by molar-refractivity contribution is 5.68. The fraction of sp³-hybridized carbons (Fsp3) is 0.375. The summed E-state index contributed by atoms with van der Waals surface area (Å²) < 4.78 is 16.2. The van der Waals surface area contributed by atoms with E-state index in [1.807, 2.05) is 18.5 Å². The van der Waals surface area contributed by atoms with E-state index in [1.165, 1.54) is 39.6 Å². The molecule has 2 nitrogen and oxygen atoms in total. The molecule has 2 aromatic carbocycles. The lowest BCUT2D eigenvalue weighted by Crippen LogP contribution is -2.15. The van der Waals surface area contributed by atoms with Crippen LogP contribution in [0, 0.1) is 40.4 Å². The van der Waals surface area contributed by atoms with Crippen LogP contribution >= 0.6 is 0 Å². The standard InChI is InChI=1S/C24H29FN2/c1-14-15(2)17(4)22(18(5)16(14)3)27-12-11-26-23(27)20-10-9-19(25)13-21(20)24(6,7)8/h9-13H,1-8H3. The third-order valence-electron chi connectivity index (χ3n) is 5.87. The van der Waals surface area contributed by atoms with Gasteiger partial charge in [-0.05, 0) is 91.6 Å². The van der Waals surface area contributed by atoms with Gasteiger partial charge in [-0.1, -0.05) is 20.8 Å². The Bertz CT molecular complexity index is 991. The highest BCUT2D eigenvalue weighted by atomic mass is 19.1. The fourth-order valence-electron chi connectivity index (χ4n) is 3.86. The van der Waals surface area contributed by atoms with Crippen molar-refractivity contribution in [3.8, 4) is 17.1 Å². The summed E-state index contributed by atoms with van der Waals surface area (Å²) in [6.45, 7) is 17.2. The van der Waals surface area contributed by atoms with Crippen molar-refractivity contribution in [2.75, 3.05) is 0 Å². The zero-order valence-corrected chi connectivity index (χ0v) is 17.7. The Labute approximate surface area is 162 Å². The summed E-state index contributed by atoms with van der Waals surface area (Å²) in [5.74, 6) is 0.643. The summed E-state index contributed by atoms with van der Waals surface area (Å²) in [6, 6.07) is 5.02. The molecule has 1 aromatic heterocycles. The van der Waals surface area contributed by atoms with Gasteiger partial charge in [-0.3, -0.25) is 4.57 Å². The van der Waals surface area contributed by atoms with Crippen LogP contribution in [0.25, 0.3) is 17.1 Å². The van der Waals surface area contributed by atoms with Gasteiger partial charge in [-0.25, -0.2) is 9.37 Å². The van der Waals surface area contributed by atoms with E-state index in [1.54, 1.807) is 6.07 Å². The van der Waals surface area contributed by atoms with E-state index in [4.69, 9.17) is 0 Å². The maximum Gasteiger partial charge on any atom is 0.144 e. The summed E-state index contributed by atoms with van der Waals surface area (Å²) in [7, 11) is 0. The van der Waals surface area contributed by atoms with Gasteiger partial charge in [0.2, 0.25) is 0 Å². The molecule has 3 rings (SSSR count). The summed E-state index contributed by atoms with van der Waals surface area (Å²) in [5, 5.41) is 0. The zero-order valence-electron chi connectivity index (χ0n) is 17.7. The number of benzene rings is 2. The van der Waals surface area contributed by atoms with Crippen LogP contribution in [0.4, 0.5) is 4.39 Å². The van der Waals surface area contributed by atoms with Gasteiger partial charge in [-0.15, -0.1) is 0 Å². The van der Waals surface area contributed by atoms with Crippen LogP contribution < -0.4 is 0 Å². The molecule has 0 unspecified atom stereocenters. The molecule has 0 saturated heterocycles. The van der Waals surface area contributed by atoms with Crippen molar-refractivity contribution in [2.45, 2.75) is 60.8 Å². The molecule has 0 spiro atoms. The second-order valence-electron chi connectivity index (χ2n) is 8.53. The number of hydrogen-bond acceptors (Lipinski definition) is 1. The van der Waals surface area contributed by atoms with E-state index in [0.29, 0.717) is 0 Å². The Morgan fingerprint density at radius 2 is 1.41 bits per heavy atom. The van der Waals surface area contributed by atoms with Gasteiger partial charge in [0, 0.05) is 18.0 Å². The van der Waals surface area contributed by atoms with Gasteiger partial charge in [0.05, 0.1) is 5.69 Å². The van der Waals surface area contributed by atoms with Gasteiger partial charge in [0.1, 0.15) is 11.6 Å². The monoisotopic (exact) mass is 364 g/mol. The molecular weight excluding hydrogens is 335 g/mol. The fourth-order valence-corrected chi connectivity index (χ4v) is 3.86. The first-order chi connectivity index (χ1) is 12.5. The Kier molecular flexibility index (Phi) is 4.75. The van der Waals surface area contributed by atoms with Crippen molar-refractivity contribution in [3.63, 3.8) is 0 Å². The molecule has 0 aliphatic carbocycles. The van der Waals surface area contributed by atoms with Crippen LogP contribution in [-0.4, -0.2) is 9.55 Å². The predicted octanol–water partition coefficient (Wildman–Crippen LogP) is 6.52. The van der Waals surface area contributed by atoms with Crippen LogP contribution in [0.1, 0.15) is 54.2 Å². The second-order valence-corrected chi connectivity index (χ2v) is 8.53. The maximum absolute atomic E-state index is 14.0. The van der Waals surface area contributed by atoms with E-state index >= 15 is 0 Å². The number of hydrogen-bond donors (Lipinski definition) is 0. The molecule has 0 aliphatic heterocycles. The van der Waals surface area contributed by atoms with E-state index < -0.39 is 0 Å². The number of aromatic nitrogens is 2. The average Bonchev–Trinajstić information content (AvgIpc) is 3.07. The molecule has 0 bridgehead atoms. The van der Waals surface area contributed by atoms with Gasteiger partial charge >= 0.3 is 0 Å². The number of halogens is 1. The van der Waals surface area contributed by atoms with Gasteiger partial charge in [0.15, 0.2) is 0 Å². The molecule has 3 aromatic rings. The highest BCUT2D eigenvalue weighted by Crippen LogP contribution is 2.36. The van der Waals surface area contributed by atoms with Crippen molar-refractivity contribution in [1.82, 2.24) is 9.55 Å². The number of rotatable bonds is 2. The lowest BCUT2D eigenvalue weighted by Gasteiger charge is -2.25. The molecule has 0 atom stereocenters. The van der Waals surface area contributed by atoms with Crippen molar-refractivity contribution >= 4 is 0 Å². The topological polar surface area (TPSA) is 17.8 Å². The molecular formula is C24H29FN2. The Hall–Kier alpha value is -2.42. The lowest BCUT2D eigenvalue weighted by molar-refractivity contribution is 0.573. The van der Waals surface area contributed by atoms with Crippen molar-refractivity contribution in [2.24, 2.45) is 0 Å². The van der Waals surface area contributed by atoms with Crippen molar-refractivity contribution in [3.05, 3.63) is 69.8 Å². The van der Waals surface area contributed by atoms with E-state index in [0.717, 1.165) is 17.0 Å². The molecule has 0 radical (unpaired) electrons. The molecule has 0 aliphatic rings. The van der Waals surface area contributed by atoms with E-state index in [9.17, 15) is 4.39 Å². The van der Waals surface area contributed by atoms with Crippen LogP contribution in [0.3, 0.4) is 0 Å². The second kappa shape index (κ2) is 6.63. The number of imidazole rings is 1. The van der Waals surface area contributed by atoms with Crippen molar-refractivity contribution < 1.29 is 4.39 Å². The minimum Gasteiger partial charge on any atom is -0.299 e. The molecule has 1 heterocycles. The third kappa shape index (κ3) is 3.20. The molecule has 0 N–H and O–H groups in total. The Morgan fingerprint density at radius 3 is 1.96 bits per heavy atom. The van der Waals surface area contributed by atoms with Crippen molar-refractivity contribution in [1.29, 1.82) is 0 Å². The summed E-state index contributed by atoms with van der Waals surface area (Å²) >= 11 is 0. The summed E-state index contributed by atoms with van der Waals surface area (Å²) in [4.78, 5) is 4.67. The zero-order chi connectivity index (χ0) is 20.1. The normalized spacial score (nSPS) is 11.9. The molecule has 0 fully saturated rings. The third-order valence-corrected chi connectivity index (χ3v) is 5.87. The first kappa shape index (κ1) is 19.3. The molecule has 3 heteroatoms. The highest BCUT2D eigenvalue weighted by Gasteiger charge is 2.23. The largest absolute Gasteiger partial charge is 0.299 e. The molecule has 0 saturated carbocycles. The maximum atomic E-state index is 14.0. The number of nitrogens with zero attached hydrogens (tertiary/aromatic N) is 2. The SMILES string of the molecule is Cc1c(C)c(C)c(-n2ccnc2-c2ccc(F)cc2C(C)(C)C)c(C)c1C. The summed E-state index contributed by atoms with van der Waals surface area (Å²) in [6.07, 6.45) is 3.84. The predicted molar refractivity (Wildman–Crippen MR) is 111 cm³/mol.